The van der Waals surface area contributed by atoms with Crippen LogP contribution in [-0.4, -0.2) is 23.0 Å². The number of ether oxygens (including phenoxy) is 2. The van der Waals surface area contributed by atoms with E-state index in [1.165, 1.54) is 0 Å². The van der Waals surface area contributed by atoms with Crippen molar-refractivity contribution in [3.8, 4) is 0 Å². The molecule has 2 aromatic rings. The second-order valence-electron chi connectivity index (χ2n) is 9.57. The van der Waals surface area contributed by atoms with E-state index in [1.54, 1.807) is 0 Å². The van der Waals surface area contributed by atoms with Crippen LogP contribution >= 0.6 is 20.2 Å². The van der Waals surface area contributed by atoms with Gasteiger partial charge >= 0.3 is 33.3 Å². The average molecular weight is 525 g/mol. The number of rotatable bonds is 4. The number of aliphatic imine (C=N–C) groups is 2. The average Bonchev–Trinajstić information content (AvgIpc) is 3.26. The standard InChI is InChI=1S/C25H30N2O2.2ClH.Cu/c1-23(2,21-26-19(24(3,4)28-21)17-13-9-7-10-14-17)22-27-20(25(5,6)29-22)18-15-11-8-12-16-18;;;/h7-16,19-20H,1-6H3;2*1H;/q;;;+2/p-2/t19-,20-;;;/m1.../s1. The fourth-order valence-corrected chi connectivity index (χ4v) is 4.10. The Morgan fingerprint density at radius 1 is 0.719 bits per heavy atom. The van der Waals surface area contributed by atoms with E-state index in [0.29, 0.717) is 11.8 Å². The first-order chi connectivity index (χ1) is 15.0. The van der Waals surface area contributed by atoms with Crippen molar-refractivity contribution in [2.75, 3.05) is 0 Å². The fourth-order valence-electron chi connectivity index (χ4n) is 4.10. The molecule has 4 nitrogen and oxygen atoms in total. The molecule has 177 valence electrons. The molecule has 0 aliphatic carbocycles. The van der Waals surface area contributed by atoms with Crippen LogP contribution in [0.3, 0.4) is 0 Å². The van der Waals surface area contributed by atoms with Gasteiger partial charge in [0, 0.05) is 0 Å². The van der Waals surface area contributed by atoms with Crippen LogP contribution < -0.4 is 0 Å². The van der Waals surface area contributed by atoms with E-state index < -0.39 is 16.6 Å². The molecule has 2 atom stereocenters. The Kier molecular flexibility index (Phi) is 7.66. The van der Waals surface area contributed by atoms with Gasteiger partial charge in [-0.2, -0.15) is 0 Å². The van der Waals surface area contributed by atoms with Crippen molar-refractivity contribution in [2.24, 2.45) is 15.4 Å². The summed E-state index contributed by atoms with van der Waals surface area (Å²) >= 11 is 0.757. The molecule has 2 aromatic carbocycles. The first-order valence-electron chi connectivity index (χ1n) is 10.5. The summed E-state index contributed by atoms with van der Waals surface area (Å²) < 4.78 is 12.8. The minimum atomic E-state index is -0.554. The predicted molar refractivity (Wildman–Crippen MR) is 129 cm³/mol. The minimum absolute atomic E-state index is 0.0575. The third kappa shape index (κ3) is 5.17. The molecule has 32 heavy (non-hydrogen) atoms. The van der Waals surface area contributed by atoms with Gasteiger partial charge in [0.1, 0.15) is 28.7 Å². The molecule has 0 bridgehead atoms. The van der Waals surface area contributed by atoms with Gasteiger partial charge in [0.2, 0.25) is 0 Å². The molecule has 0 unspecified atom stereocenters. The van der Waals surface area contributed by atoms with Gasteiger partial charge in [-0.3, -0.25) is 0 Å². The number of halogens is 2. The molecule has 0 spiro atoms. The summed E-state index contributed by atoms with van der Waals surface area (Å²) in [5, 5.41) is 0. The van der Waals surface area contributed by atoms with Crippen LogP contribution in [0.4, 0.5) is 0 Å². The van der Waals surface area contributed by atoms with E-state index in [9.17, 15) is 0 Å². The Bertz CT molecular complexity index is 898. The number of hydrogen-bond donors (Lipinski definition) is 0. The summed E-state index contributed by atoms with van der Waals surface area (Å²) in [5.41, 5.74) is 0.894. The molecule has 2 heterocycles. The van der Waals surface area contributed by atoms with Gasteiger partial charge < -0.3 is 9.47 Å². The van der Waals surface area contributed by atoms with Crippen LogP contribution in [0.15, 0.2) is 70.6 Å². The molecule has 4 rings (SSSR count). The SMILES string of the molecule is CC(C)(C1=N[C@H](c2ccccc2)C(C)(C)O1)C1=N[C@H](c2ccccc2)C(C)(C)O1.[Cl][Cu][Cl]. The van der Waals surface area contributed by atoms with Crippen molar-refractivity contribution in [1.82, 2.24) is 0 Å². The summed E-state index contributed by atoms with van der Waals surface area (Å²) in [5.74, 6) is 1.36. The first-order valence-corrected chi connectivity index (χ1v) is 13.1. The number of benzene rings is 2. The van der Waals surface area contributed by atoms with Crippen molar-refractivity contribution in [2.45, 2.75) is 64.8 Å². The van der Waals surface area contributed by atoms with Gasteiger partial charge in [0.05, 0.1) is 0 Å². The molecule has 0 aromatic heterocycles. The summed E-state index contributed by atoms with van der Waals surface area (Å²) in [7, 11) is 9.34. The van der Waals surface area contributed by atoms with Gasteiger partial charge in [-0.1, -0.05) is 60.7 Å². The van der Waals surface area contributed by atoms with Gasteiger partial charge in [-0.05, 0) is 52.7 Å². The Balaban J connectivity index is 0.000000913. The molecule has 2 aliphatic heterocycles. The van der Waals surface area contributed by atoms with E-state index in [0.717, 1.165) is 24.3 Å². The molecule has 0 N–H and O–H groups in total. The van der Waals surface area contributed by atoms with E-state index in [4.69, 9.17) is 19.5 Å². The maximum absolute atomic E-state index is 6.39. The second-order valence-corrected chi connectivity index (χ2v) is 11.1. The van der Waals surface area contributed by atoms with Crippen molar-refractivity contribution < 1.29 is 22.6 Å². The summed E-state index contributed by atoms with van der Waals surface area (Å²) in [6.45, 7) is 12.5. The Hall–Kier alpha value is -1.52. The molecule has 7 heteroatoms. The summed E-state index contributed by atoms with van der Waals surface area (Å²) in [4.78, 5) is 10.0. The molecule has 0 saturated heterocycles. The summed E-state index contributed by atoms with van der Waals surface area (Å²) in [6.07, 6.45) is 0. The Morgan fingerprint density at radius 2 is 1.03 bits per heavy atom. The molecular formula is C25H30Cl2CuN2O2. The van der Waals surface area contributed by atoms with Crippen LogP contribution in [0.2, 0.25) is 0 Å². The maximum atomic E-state index is 6.39. The zero-order chi connectivity index (χ0) is 23.6. The molecule has 0 amide bonds. The van der Waals surface area contributed by atoms with Crippen molar-refractivity contribution >= 4 is 32.0 Å². The number of hydrogen-bond acceptors (Lipinski definition) is 4. The first kappa shape index (κ1) is 25.1. The second kappa shape index (κ2) is 9.77. The zero-order valence-electron chi connectivity index (χ0n) is 19.2. The van der Waals surface area contributed by atoms with E-state index >= 15 is 0 Å². The third-order valence-electron chi connectivity index (χ3n) is 5.83. The quantitative estimate of drug-likeness (QED) is 0.394. The van der Waals surface area contributed by atoms with Crippen LogP contribution in [-0.2, 0) is 22.6 Å². The van der Waals surface area contributed by atoms with Crippen LogP contribution in [0.25, 0.3) is 0 Å². The zero-order valence-corrected chi connectivity index (χ0v) is 21.7. The molecule has 0 fully saturated rings. The topological polar surface area (TPSA) is 43.2 Å². The normalized spacial score (nSPS) is 23.4. The monoisotopic (exact) mass is 523 g/mol. The van der Waals surface area contributed by atoms with E-state index in [2.05, 4.69) is 86.0 Å². The Morgan fingerprint density at radius 3 is 1.34 bits per heavy atom. The van der Waals surface area contributed by atoms with Crippen molar-refractivity contribution in [3.63, 3.8) is 0 Å². The fraction of sp³-hybridized carbons (Fsp3) is 0.440. The van der Waals surface area contributed by atoms with Crippen LogP contribution in [0, 0.1) is 5.41 Å². The molecule has 2 aliphatic rings. The Labute approximate surface area is 206 Å². The van der Waals surface area contributed by atoms with Gasteiger partial charge in [0.25, 0.3) is 0 Å². The molecule has 0 saturated carbocycles. The van der Waals surface area contributed by atoms with Crippen LogP contribution in [0.5, 0.6) is 0 Å². The van der Waals surface area contributed by atoms with Gasteiger partial charge in [0.15, 0.2) is 11.8 Å². The van der Waals surface area contributed by atoms with Gasteiger partial charge in [-0.15, -0.1) is 0 Å². The van der Waals surface area contributed by atoms with E-state index in [1.807, 2.05) is 36.4 Å². The van der Waals surface area contributed by atoms with Crippen molar-refractivity contribution in [1.29, 1.82) is 0 Å². The predicted octanol–water partition coefficient (Wildman–Crippen LogP) is 7.29. The molecule has 0 radical (unpaired) electrons. The third-order valence-corrected chi connectivity index (χ3v) is 5.83. The molecular weight excluding hydrogens is 495 g/mol. The van der Waals surface area contributed by atoms with Crippen molar-refractivity contribution in [3.05, 3.63) is 71.8 Å². The summed E-state index contributed by atoms with van der Waals surface area (Å²) in [6, 6.07) is 20.5. The number of nitrogens with zero attached hydrogens (tertiary/aromatic N) is 2. The van der Waals surface area contributed by atoms with E-state index in [-0.39, 0.29) is 12.1 Å². The van der Waals surface area contributed by atoms with Gasteiger partial charge in [-0.25, -0.2) is 9.98 Å². The van der Waals surface area contributed by atoms with Crippen LogP contribution in [0.1, 0.15) is 64.8 Å².